The molecule has 118 valence electrons. The Morgan fingerprint density at radius 2 is 2.04 bits per heavy atom. The predicted molar refractivity (Wildman–Crippen MR) is 79.3 cm³/mol. The number of rotatable bonds is 2. The van der Waals surface area contributed by atoms with Crippen LogP contribution in [0.15, 0.2) is 36.7 Å². The van der Waals surface area contributed by atoms with E-state index in [-0.39, 0.29) is 11.5 Å². The number of ether oxygens (including phenoxy) is 1. The summed E-state index contributed by atoms with van der Waals surface area (Å²) in [5, 5.41) is 0. The summed E-state index contributed by atoms with van der Waals surface area (Å²) in [6.07, 6.45) is 3.64. The average Bonchev–Trinajstić information content (AvgIpc) is 3.34. The topological polar surface area (TPSA) is 42.4 Å². The molecular formula is C17H14F2N2O2. The average molecular weight is 316 g/mol. The van der Waals surface area contributed by atoms with Gasteiger partial charge in [0.2, 0.25) is 5.91 Å². The molecule has 1 aromatic heterocycles. The molecule has 4 nitrogen and oxygen atoms in total. The maximum Gasteiger partial charge on any atom is 0.231 e. The van der Waals surface area contributed by atoms with E-state index in [9.17, 15) is 13.6 Å². The van der Waals surface area contributed by atoms with Gasteiger partial charge in [0.05, 0.1) is 12.7 Å². The number of fused-ring (bicyclic) bond motifs is 1. The Balaban J connectivity index is 1.59. The van der Waals surface area contributed by atoms with E-state index in [1.54, 1.807) is 23.4 Å². The van der Waals surface area contributed by atoms with Gasteiger partial charge in [0.1, 0.15) is 29.7 Å². The summed E-state index contributed by atoms with van der Waals surface area (Å²) in [6.45, 7) is 0.814. The highest BCUT2D eigenvalue weighted by Crippen LogP contribution is 2.51. The van der Waals surface area contributed by atoms with Gasteiger partial charge in [-0.25, -0.2) is 8.78 Å². The highest BCUT2D eigenvalue weighted by Gasteiger charge is 2.49. The van der Waals surface area contributed by atoms with Crippen LogP contribution in [0.3, 0.4) is 0 Å². The minimum Gasteiger partial charge on any atom is -0.489 e. The number of carbonyl (C=O) groups is 1. The second-order valence-corrected chi connectivity index (χ2v) is 5.77. The fraction of sp³-hybridized carbons (Fsp3) is 0.294. The van der Waals surface area contributed by atoms with Gasteiger partial charge in [-0.3, -0.25) is 9.78 Å². The molecular weight excluding hydrogens is 302 g/mol. The molecule has 2 heterocycles. The normalized spacial score (nSPS) is 22.3. The predicted octanol–water partition coefficient (Wildman–Crippen LogP) is 2.89. The van der Waals surface area contributed by atoms with Crippen molar-refractivity contribution < 1.29 is 18.3 Å². The van der Waals surface area contributed by atoms with Crippen molar-refractivity contribution in [2.75, 3.05) is 18.1 Å². The number of nitrogens with zero attached hydrogens (tertiary/aromatic N) is 2. The summed E-state index contributed by atoms with van der Waals surface area (Å²) >= 11 is 0. The first-order valence-electron chi connectivity index (χ1n) is 7.49. The molecule has 1 aromatic carbocycles. The number of pyridine rings is 1. The molecule has 0 spiro atoms. The smallest absolute Gasteiger partial charge is 0.231 e. The summed E-state index contributed by atoms with van der Waals surface area (Å²) in [5.41, 5.74) is 0.633. The monoisotopic (exact) mass is 316 g/mol. The van der Waals surface area contributed by atoms with E-state index in [2.05, 4.69) is 4.98 Å². The minimum absolute atomic E-state index is 0.0190. The van der Waals surface area contributed by atoms with E-state index in [1.807, 2.05) is 0 Å². The third-order valence-electron chi connectivity index (χ3n) is 4.37. The zero-order valence-corrected chi connectivity index (χ0v) is 12.2. The summed E-state index contributed by atoms with van der Waals surface area (Å²) in [6, 6.07) is 5.49. The Morgan fingerprint density at radius 1 is 1.26 bits per heavy atom. The van der Waals surface area contributed by atoms with Crippen LogP contribution >= 0.6 is 0 Å². The molecule has 1 fully saturated rings. The maximum atomic E-state index is 13.9. The number of amides is 1. The minimum atomic E-state index is -0.589. The third-order valence-corrected chi connectivity index (χ3v) is 4.37. The molecule has 2 aliphatic rings. The molecule has 2 atom stereocenters. The van der Waals surface area contributed by atoms with E-state index in [0.717, 1.165) is 0 Å². The Bertz CT molecular complexity index is 761. The summed E-state index contributed by atoms with van der Waals surface area (Å²) in [5.74, 6) is -1.49. The van der Waals surface area contributed by atoms with Crippen LogP contribution in [-0.2, 0) is 4.79 Å². The van der Waals surface area contributed by atoms with Crippen LogP contribution in [0.5, 0.6) is 5.75 Å². The van der Waals surface area contributed by atoms with Crippen molar-refractivity contribution in [1.29, 1.82) is 0 Å². The Labute approximate surface area is 131 Å². The lowest BCUT2D eigenvalue weighted by Gasteiger charge is -2.29. The van der Waals surface area contributed by atoms with Crippen LogP contribution in [0, 0.1) is 17.6 Å². The standard InChI is InChI=1S/C17H14F2N2O2/c18-12-2-1-3-13(19)16(12)10-8-11(10)17(22)21-6-7-23-15-4-5-20-9-14(15)21/h1-5,9-11H,6-8H2. The molecule has 2 aromatic rings. The van der Waals surface area contributed by atoms with Gasteiger partial charge < -0.3 is 9.64 Å². The molecule has 0 radical (unpaired) electrons. The quantitative estimate of drug-likeness (QED) is 0.855. The molecule has 1 aliphatic carbocycles. The molecule has 4 rings (SSSR count). The van der Waals surface area contributed by atoms with Crippen molar-refractivity contribution in [3.8, 4) is 5.75 Å². The summed E-state index contributed by atoms with van der Waals surface area (Å²) < 4.78 is 33.2. The van der Waals surface area contributed by atoms with Gasteiger partial charge in [-0.05, 0) is 18.6 Å². The van der Waals surface area contributed by atoms with Gasteiger partial charge in [0, 0.05) is 29.7 Å². The third kappa shape index (κ3) is 2.34. The van der Waals surface area contributed by atoms with Crippen molar-refractivity contribution in [2.24, 2.45) is 5.92 Å². The zero-order valence-electron chi connectivity index (χ0n) is 12.2. The molecule has 0 saturated heterocycles. The first-order valence-corrected chi connectivity index (χ1v) is 7.49. The fourth-order valence-electron chi connectivity index (χ4n) is 3.15. The highest BCUT2D eigenvalue weighted by atomic mass is 19.1. The lowest BCUT2D eigenvalue weighted by atomic mass is 10.1. The molecule has 23 heavy (non-hydrogen) atoms. The maximum absolute atomic E-state index is 13.9. The van der Waals surface area contributed by atoms with E-state index in [4.69, 9.17) is 4.74 Å². The van der Waals surface area contributed by atoms with Gasteiger partial charge in [-0.15, -0.1) is 0 Å². The van der Waals surface area contributed by atoms with Crippen LogP contribution in [0.2, 0.25) is 0 Å². The number of aromatic nitrogens is 1. The first kappa shape index (κ1) is 14.1. The Morgan fingerprint density at radius 3 is 2.83 bits per heavy atom. The van der Waals surface area contributed by atoms with Crippen LogP contribution in [0.4, 0.5) is 14.5 Å². The summed E-state index contributed by atoms with van der Waals surface area (Å²) in [7, 11) is 0. The number of hydrogen-bond acceptors (Lipinski definition) is 3. The highest BCUT2D eigenvalue weighted by molar-refractivity contribution is 5.98. The molecule has 1 amide bonds. The van der Waals surface area contributed by atoms with Gasteiger partial charge in [0.25, 0.3) is 0 Å². The van der Waals surface area contributed by atoms with E-state index in [1.165, 1.54) is 18.2 Å². The largest absolute Gasteiger partial charge is 0.489 e. The van der Waals surface area contributed by atoms with Gasteiger partial charge in [-0.2, -0.15) is 0 Å². The van der Waals surface area contributed by atoms with Crippen molar-refractivity contribution in [3.05, 3.63) is 53.9 Å². The second-order valence-electron chi connectivity index (χ2n) is 5.77. The van der Waals surface area contributed by atoms with Crippen molar-refractivity contribution in [3.63, 3.8) is 0 Å². The number of benzene rings is 1. The van der Waals surface area contributed by atoms with E-state index in [0.29, 0.717) is 31.0 Å². The van der Waals surface area contributed by atoms with Gasteiger partial charge in [-0.1, -0.05) is 6.07 Å². The molecule has 1 aliphatic heterocycles. The van der Waals surface area contributed by atoms with Crippen molar-refractivity contribution >= 4 is 11.6 Å². The Kier molecular flexibility index (Phi) is 3.25. The van der Waals surface area contributed by atoms with E-state index >= 15 is 0 Å². The van der Waals surface area contributed by atoms with Crippen LogP contribution in [0.25, 0.3) is 0 Å². The van der Waals surface area contributed by atoms with Crippen LogP contribution in [-0.4, -0.2) is 24.0 Å². The SMILES string of the molecule is O=C(C1CC1c1c(F)cccc1F)N1CCOc2ccncc21. The number of anilines is 1. The molecule has 6 heteroatoms. The lowest BCUT2D eigenvalue weighted by molar-refractivity contribution is -0.120. The molecule has 0 N–H and O–H groups in total. The van der Waals surface area contributed by atoms with E-state index < -0.39 is 23.5 Å². The number of carbonyl (C=O) groups excluding carboxylic acids is 1. The zero-order chi connectivity index (χ0) is 16.0. The first-order chi connectivity index (χ1) is 11.2. The van der Waals surface area contributed by atoms with Crippen molar-refractivity contribution in [1.82, 2.24) is 4.98 Å². The van der Waals surface area contributed by atoms with Gasteiger partial charge in [0.15, 0.2) is 0 Å². The molecule has 2 unspecified atom stereocenters. The fourth-order valence-corrected chi connectivity index (χ4v) is 3.15. The Hall–Kier alpha value is -2.50. The van der Waals surface area contributed by atoms with Gasteiger partial charge >= 0.3 is 0 Å². The summed E-state index contributed by atoms with van der Waals surface area (Å²) in [4.78, 5) is 18.4. The van der Waals surface area contributed by atoms with Crippen molar-refractivity contribution in [2.45, 2.75) is 12.3 Å². The lowest BCUT2D eigenvalue weighted by Crippen LogP contribution is -2.39. The number of halogens is 2. The second kappa shape index (κ2) is 5.30. The van der Waals surface area contributed by atoms with Crippen LogP contribution < -0.4 is 9.64 Å². The molecule has 1 saturated carbocycles. The molecule has 0 bridgehead atoms. The van der Waals surface area contributed by atoms with Crippen LogP contribution in [0.1, 0.15) is 17.9 Å². The number of hydrogen-bond donors (Lipinski definition) is 0.